The zero-order chi connectivity index (χ0) is 30.5. The Morgan fingerprint density at radius 3 is 2.50 bits per heavy atom. The standard InChI is InChI=1S/C36H29ClN4O3/c1-20-3-2-4-27-32(43)17-30-34(33(20)27)25(18-37)19-41(30)36(44)24-11-14-28-29(16-24)40-35(39-28)23-7-5-21(6-8-23)15-31(42)22-9-12-26(38)13-10-22/h2-14,16-17,25,43H,15,18-19,38H2,1H3,(H,39,40)/t25-/m1/s1. The number of carbonyl (C=O) groups excluding carboxylic acids is 2. The second kappa shape index (κ2) is 10.8. The Kier molecular flexibility index (Phi) is 6.82. The number of alkyl halides is 1. The topological polar surface area (TPSA) is 112 Å². The van der Waals surface area contributed by atoms with E-state index in [0.717, 1.165) is 44.1 Å². The van der Waals surface area contributed by atoms with Crippen LogP contribution in [0.25, 0.3) is 33.2 Å². The first-order valence-electron chi connectivity index (χ1n) is 14.4. The molecule has 6 aromatic rings. The molecule has 1 aliphatic heterocycles. The van der Waals surface area contributed by atoms with Gasteiger partial charge in [0.05, 0.1) is 16.7 Å². The molecule has 0 saturated carbocycles. The van der Waals surface area contributed by atoms with E-state index in [4.69, 9.17) is 22.3 Å². The summed E-state index contributed by atoms with van der Waals surface area (Å²) in [5, 5.41) is 12.6. The highest BCUT2D eigenvalue weighted by molar-refractivity contribution is 6.19. The molecular formula is C36H29ClN4O3. The number of nitrogen functional groups attached to an aromatic ring is 1. The predicted molar refractivity (Wildman–Crippen MR) is 176 cm³/mol. The van der Waals surface area contributed by atoms with Gasteiger partial charge in [-0.05, 0) is 71.5 Å². The number of nitrogens with two attached hydrogens (primary N) is 1. The number of phenols is 1. The van der Waals surface area contributed by atoms with Crippen molar-refractivity contribution in [3.05, 3.63) is 119 Å². The SMILES string of the molecule is Cc1cccc2c(O)cc3c(c12)[C@H](CCl)CN3C(=O)c1ccc2nc(-c3ccc(CC(=O)c4ccc(N)cc4)cc3)[nH]c2c1. The number of aromatic nitrogens is 2. The third kappa shape index (κ3) is 4.75. The highest BCUT2D eigenvalue weighted by Gasteiger charge is 2.35. The lowest BCUT2D eigenvalue weighted by Crippen LogP contribution is -2.30. The summed E-state index contributed by atoms with van der Waals surface area (Å²) in [5.41, 5.74) is 13.5. The second-order valence-corrected chi connectivity index (χ2v) is 11.6. The Morgan fingerprint density at radius 1 is 1.00 bits per heavy atom. The van der Waals surface area contributed by atoms with Gasteiger partial charge in [0.2, 0.25) is 0 Å². The third-order valence-corrected chi connectivity index (χ3v) is 8.83. The Hall–Kier alpha value is -5.14. The predicted octanol–water partition coefficient (Wildman–Crippen LogP) is 7.39. The summed E-state index contributed by atoms with van der Waals surface area (Å²) in [6.07, 6.45) is 0.285. The molecule has 5 aromatic carbocycles. The average molecular weight is 601 g/mol. The van der Waals surface area contributed by atoms with E-state index in [1.54, 1.807) is 41.3 Å². The molecular weight excluding hydrogens is 572 g/mol. The smallest absolute Gasteiger partial charge is 0.258 e. The van der Waals surface area contributed by atoms with Gasteiger partial charge in [0, 0.05) is 58.6 Å². The number of imidazole rings is 1. The van der Waals surface area contributed by atoms with Gasteiger partial charge >= 0.3 is 0 Å². The molecule has 1 aliphatic rings. The Bertz CT molecular complexity index is 2080. The second-order valence-electron chi connectivity index (χ2n) is 11.3. The maximum atomic E-state index is 13.9. The Morgan fingerprint density at radius 2 is 1.75 bits per heavy atom. The summed E-state index contributed by atoms with van der Waals surface area (Å²) < 4.78 is 0. The van der Waals surface area contributed by atoms with Crippen molar-refractivity contribution in [2.24, 2.45) is 0 Å². The molecule has 2 heterocycles. The van der Waals surface area contributed by atoms with Gasteiger partial charge in [-0.2, -0.15) is 0 Å². The van der Waals surface area contributed by atoms with E-state index in [2.05, 4.69) is 4.98 Å². The van der Waals surface area contributed by atoms with Crippen LogP contribution in [0.5, 0.6) is 5.75 Å². The van der Waals surface area contributed by atoms with E-state index in [1.165, 1.54) is 0 Å². The van der Waals surface area contributed by atoms with Gasteiger partial charge < -0.3 is 20.7 Å². The molecule has 0 saturated heterocycles. The van der Waals surface area contributed by atoms with Gasteiger partial charge in [-0.15, -0.1) is 11.6 Å². The number of fused-ring (bicyclic) bond motifs is 4. The van der Waals surface area contributed by atoms with E-state index >= 15 is 0 Å². The van der Waals surface area contributed by atoms with Gasteiger partial charge in [0.15, 0.2) is 5.78 Å². The Balaban J connectivity index is 1.15. The molecule has 1 atom stereocenters. The molecule has 7 nitrogen and oxygen atoms in total. The van der Waals surface area contributed by atoms with Crippen molar-refractivity contribution in [2.45, 2.75) is 19.3 Å². The van der Waals surface area contributed by atoms with Crippen molar-refractivity contribution in [3.8, 4) is 17.1 Å². The molecule has 1 aromatic heterocycles. The summed E-state index contributed by atoms with van der Waals surface area (Å²) in [6, 6.07) is 27.6. The summed E-state index contributed by atoms with van der Waals surface area (Å²) >= 11 is 6.42. The number of benzene rings is 5. The molecule has 0 radical (unpaired) electrons. The van der Waals surface area contributed by atoms with Gasteiger partial charge in [0.1, 0.15) is 11.6 Å². The minimum absolute atomic E-state index is 0.0233. The van der Waals surface area contributed by atoms with E-state index in [1.807, 2.05) is 61.5 Å². The molecule has 0 aliphatic carbocycles. The number of nitrogens with zero attached hydrogens (tertiary/aromatic N) is 2. The van der Waals surface area contributed by atoms with Crippen LogP contribution in [-0.4, -0.2) is 39.2 Å². The summed E-state index contributed by atoms with van der Waals surface area (Å²) in [4.78, 5) is 36.4. The first-order chi connectivity index (χ1) is 21.3. The molecule has 7 rings (SSSR count). The largest absolute Gasteiger partial charge is 0.507 e. The molecule has 218 valence electrons. The van der Waals surface area contributed by atoms with Crippen LogP contribution in [0.2, 0.25) is 0 Å². The van der Waals surface area contributed by atoms with E-state index in [-0.39, 0.29) is 29.8 Å². The van der Waals surface area contributed by atoms with Gasteiger partial charge in [-0.3, -0.25) is 9.59 Å². The van der Waals surface area contributed by atoms with Crippen LogP contribution in [0.4, 0.5) is 11.4 Å². The lowest BCUT2D eigenvalue weighted by Gasteiger charge is -2.19. The first-order valence-corrected chi connectivity index (χ1v) is 14.9. The van der Waals surface area contributed by atoms with Crippen LogP contribution >= 0.6 is 11.6 Å². The number of aromatic amines is 1. The van der Waals surface area contributed by atoms with Crippen molar-refractivity contribution in [2.75, 3.05) is 23.1 Å². The molecule has 44 heavy (non-hydrogen) atoms. The van der Waals surface area contributed by atoms with Gasteiger partial charge in [-0.25, -0.2) is 4.98 Å². The maximum Gasteiger partial charge on any atom is 0.258 e. The number of rotatable bonds is 6. The number of hydrogen-bond donors (Lipinski definition) is 3. The fourth-order valence-corrected chi connectivity index (χ4v) is 6.44. The first kappa shape index (κ1) is 27.7. The summed E-state index contributed by atoms with van der Waals surface area (Å²) in [5.74, 6) is 0.982. The van der Waals surface area contributed by atoms with E-state index < -0.39 is 0 Å². The van der Waals surface area contributed by atoms with Crippen LogP contribution < -0.4 is 10.6 Å². The van der Waals surface area contributed by atoms with Crippen molar-refractivity contribution in [1.29, 1.82) is 0 Å². The van der Waals surface area contributed by atoms with Crippen molar-refractivity contribution in [3.63, 3.8) is 0 Å². The fraction of sp³-hybridized carbons (Fsp3) is 0.139. The maximum absolute atomic E-state index is 13.9. The zero-order valence-corrected chi connectivity index (χ0v) is 24.7. The number of phenolic OH excluding ortho intramolecular Hbond substituents is 1. The highest BCUT2D eigenvalue weighted by Crippen LogP contribution is 2.46. The number of Topliss-reactive ketones (excluding diaryl/α,β-unsaturated/α-hetero) is 1. The van der Waals surface area contributed by atoms with Gasteiger partial charge in [0.25, 0.3) is 5.91 Å². The zero-order valence-electron chi connectivity index (χ0n) is 24.0. The van der Waals surface area contributed by atoms with E-state index in [9.17, 15) is 14.7 Å². The monoisotopic (exact) mass is 600 g/mol. The van der Waals surface area contributed by atoms with E-state index in [0.29, 0.717) is 40.8 Å². The minimum Gasteiger partial charge on any atom is -0.507 e. The molecule has 8 heteroatoms. The molecule has 4 N–H and O–H groups in total. The quantitative estimate of drug-likeness (QED) is 0.105. The average Bonchev–Trinajstić information content (AvgIpc) is 3.63. The summed E-state index contributed by atoms with van der Waals surface area (Å²) in [6.45, 7) is 2.44. The van der Waals surface area contributed by atoms with Crippen LogP contribution in [0.15, 0.2) is 91.0 Å². The summed E-state index contributed by atoms with van der Waals surface area (Å²) in [7, 11) is 0. The van der Waals surface area contributed by atoms with Gasteiger partial charge in [-0.1, -0.05) is 42.5 Å². The number of anilines is 2. The van der Waals surface area contributed by atoms with Crippen molar-refractivity contribution < 1.29 is 14.7 Å². The number of aromatic hydroxyl groups is 1. The molecule has 0 bridgehead atoms. The van der Waals surface area contributed by atoms with Crippen LogP contribution in [0.3, 0.4) is 0 Å². The van der Waals surface area contributed by atoms with Crippen molar-refractivity contribution in [1.82, 2.24) is 9.97 Å². The molecule has 0 spiro atoms. The normalized spacial score (nSPS) is 14.3. The molecule has 0 unspecified atom stereocenters. The number of amides is 1. The number of carbonyl (C=O) groups is 2. The number of hydrogen-bond acceptors (Lipinski definition) is 5. The lowest BCUT2D eigenvalue weighted by atomic mass is 9.92. The number of ketones is 1. The lowest BCUT2D eigenvalue weighted by molar-refractivity contribution is 0.0982. The fourth-order valence-electron chi connectivity index (χ4n) is 6.19. The highest BCUT2D eigenvalue weighted by atomic mass is 35.5. The minimum atomic E-state index is -0.167. The number of aryl methyl sites for hydroxylation is 1. The Labute approximate surface area is 258 Å². The number of H-pyrrole nitrogens is 1. The number of halogens is 1. The van der Waals surface area contributed by atoms with Crippen LogP contribution in [0, 0.1) is 6.92 Å². The molecule has 1 amide bonds. The van der Waals surface area contributed by atoms with Crippen molar-refractivity contribution >= 4 is 56.5 Å². The third-order valence-electron chi connectivity index (χ3n) is 8.45. The molecule has 0 fully saturated rings. The van der Waals surface area contributed by atoms with Crippen LogP contribution in [-0.2, 0) is 6.42 Å². The number of nitrogens with one attached hydrogen (secondary N) is 1. The van der Waals surface area contributed by atoms with Crippen LogP contribution in [0.1, 0.15) is 43.3 Å².